The monoisotopic (exact) mass is 857 g/mol. The van der Waals surface area contributed by atoms with Gasteiger partial charge in [-0.1, -0.05) is 25.7 Å². The standard InChI is InChI=1S/C44H88N8O8/c1-41(2,3)57-37(53)45-25-17-13-21-33-29-50-35(23-15-19-27-47-39(55)59-43(7,8)9)31-52-36(24-16-20-28-48-40(56)60-44(10,11)12)32-51-34(30-49-33)22-14-18-26-46-38(54)58-42(4,5)6/h33-36,49-52H,13-32H2,1-12H3,(H,45,53)(H,46,54)(H,47,55)(H,48,56)/t33-,34-,35-,36-/m0/s1. The molecule has 0 radical (unpaired) electrons. The van der Waals surface area contributed by atoms with Crippen LogP contribution in [0, 0.1) is 0 Å². The lowest BCUT2D eigenvalue weighted by atomic mass is 10.0. The highest BCUT2D eigenvalue weighted by molar-refractivity contribution is 5.68. The van der Waals surface area contributed by atoms with Crippen molar-refractivity contribution >= 4 is 24.4 Å². The Bertz CT molecular complexity index is 1010. The first-order valence-corrected chi connectivity index (χ1v) is 22.7. The van der Waals surface area contributed by atoms with Crippen molar-refractivity contribution in [2.45, 2.75) is 207 Å². The molecule has 0 spiro atoms. The lowest BCUT2D eigenvalue weighted by Gasteiger charge is -2.31. The van der Waals surface area contributed by atoms with Gasteiger partial charge in [-0.05, 0) is 134 Å². The zero-order valence-corrected chi connectivity index (χ0v) is 39.7. The molecule has 16 nitrogen and oxygen atoms in total. The second-order valence-electron chi connectivity index (χ2n) is 20.1. The maximum absolute atomic E-state index is 12.2. The molecule has 1 heterocycles. The molecule has 1 aliphatic heterocycles. The predicted octanol–water partition coefficient (Wildman–Crippen LogP) is 6.61. The van der Waals surface area contributed by atoms with Gasteiger partial charge in [0.15, 0.2) is 0 Å². The summed E-state index contributed by atoms with van der Waals surface area (Å²) < 4.78 is 21.6. The summed E-state index contributed by atoms with van der Waals surface area (Å²) in [5.74, 6) is 0. The zero-order chi connectivity index (χ0) is 45.2. The predicted molar refractivity (Wildman–Crippen MR) is 240 cm³/mol. The molecule has 4 amide bonds. The Morgan fingerprint density at radius 2 is 0.550 bits per heavy atom. The summed E-state index contributed by atoms with van der Waals surface area (Å²) in [5.41, 5.74) is -2.14. The van der Waals surface area contributed by atoms with Crippen molar-refractivity contribution in [1.82, 2.24) is 42.5 Å². The maximum atomic E-state index is 12.2. The Morgan fingerprint density at radius 3 is 0.717 bits per heavy atom. The molecular formula is C44H88N8O8. The van der Waals surface area contributed by atoms with E-state index in [-0.39, 0.29) is 24.2 Å². The number of rotatable bonds is 20. The molecule has 352 valence electrons. The van der Waals surface area contributed by atoms with E-state index in [2.05, 4.69) is 42.5 Å². The third-order valence-corrected chi connectivity index (χ3v) is 9.20. The number of carbonyl (C=O) groups is 4. The van der Waals surface area contributed by atoms with Crippen LogP contribution < -0.4 is 42.5 Å². The fraction of sp³-hybridized carbons (Fsp3) is 0.909. The molecular weight excluding hydrogens is 769 g/mol. The maximum Gasteiger partial charge on any atom is 0.407 e. The number of nitrogens with one attached hydrogen (secondary N) is 8. The normalized spacial score (nSPS) is 19.8. The number of ether oxygens (including phenoxy) is 4. The number of carbonyl (C=O) groups excluding carboxylic acids is 4. The van der Waals surface area contributed by atoms with Gasteiger partial charge >= 0.3 is 24.4 Å². The van der Waals surface area contributed by atoms with Crippen LogP contribution in [0.3, 0.4) is 0 Å². The van der Waals surface area contributed by atoms with Crippen LogP contribution >= 0.6 is 0 Å². The van der Waals surface area contributed by atoms with E-state index in [1.807, 2.05) is 83.1 Å². The van der Waals surface area contributed by atoms with Gasteiger partial charge in [0.05, 0.1) is 0 Å². The van der Waals surface area contributed by atoms with E-state index in [9.17, 15) is 19.2 Å². The van der Waals surface area contributed by atoms with E-state index < -0.39 is 46.8 Å². The second kappa shape index (κ2) is 28.5. The summed E-state index contributed by atoms with van der Waals surface area (Å²) >= 11 is 0. The fourth-order valence-corrected chi connectivity index (χ4v) is 6.42. The van der Waals surface area contributed by atoms with Gasteiger partial charge in [-0.15, -0.1) is 0 Å². The quantitative estimate of drug-likeness (QED) is 0.0482. The highest BCUT2D eigenvalue weighted by Crippen LogP contribution is 2.12. The van der Waals surface area contributed by atoms with E-state index in [0.717, 1.165) is 103 Å². The van der Waals surface area contributed by atoms with E-state index in [1.165, 1.54) is 0 Å². The molecule has 4 atom stereocenters. The molecule has 0 aliphatic carbocycles. The summed E-state index contributed by atoms with van der Waals surface area (Å²) in [6.07, 6.45) is 9.31. The van der Waals surface area contributed by atoms with Crippen LogP contribution in [-0.2, 0) is 18.9 Å². The molecule has 8 N–H and O–H groups in total. The van der Waals surface area contributed by atoms with Gasteiger partial charge in [0.1, 0.15) is 22.4 Å². The van der Waals surface area contributed by atoms with E-state index in [1.54, 1.807) is 0 Å². The van der Waals surface area contributed by atoms with Crippen molar-refractivity contribution in [3.63, 3.8) is 0 Å². The van der Waals surface area contributed by atoms with Gasteiger partial charge in [0.2, 0.25) is 0 Å². The first-order valence-electron chi connectivity index (χ1n) is 22.7. The first kappa shape index (κ1) is 54.9. The minimum Gasteiger partial charge on any atom is -0.444 e. The summed E-state index contributed by atoms with van der Waals surface area (Å²) in [6.45, 7) is 27.7. The van der Waals surface area contributed by atoms with Crippen molar-refractivity contribution < 1.29 is 38.1 Å². The largest absolute Gasteiger partial charge is 0.444 e. The summed E-state index contributed by atoms with van der Waals surface area (Å²) in [6, 6.07) is 0.866. The first-order chi connectivity index (χ1) is 27.9. The van der Waals surface area contributed by atoms with Crippen LogP contribution in [0.2, 0.25) is 0 Å². The number of amides is 4. The van der Waals surface area contributed by atoms with Gasteiger partial charge < -0.3 is 61.5 Å². The van der Waals surface area contributed by atoms with Crippen LogP contribution in [0.25, 0.3) is 0 Å². The molecule has 0 aromatic carbocycles. The molecule has 0 saturated carbocycles. The molecule has 0 bridgehead atoms. The van der Waals surface area contributed by atoms with Crippen LogP contribution in [0.5, 0.6) is 0 Å². The Balaban J connectivity index is 2.97. The third kappa shape index (κ3) is 33.6. The highest BCUT2D eigenvalue weighted by Gasteiger charge is 2.22. The molecule has 60 heavy (non-hydrogen) atoms. The van der Waals surface area contributed by atoms with E-state index >= 15 is 0 Å². The smallest absolute Gasteiger partial charge is 0.407 e. The average molecular weight is 857 g/mol. The topological polar surface area (TPSA) is 201 Å². The lowest BCUT2D eigenvalue weighted by Crippen LogP contribution is -2.54. The van der Waals surface area contributed by atoms with Crippen LogP contribution in [0.4, 0.5) is 19.2 Å². The average Bonchev–Trinajstić information content (AvgIpc) is 3.07. The number of hydrogen-bond donors (Lipinski definition) is 8. The van der Waals surface area contributed by atoms with Gasteiger partial charge in [-0.25, -0.2) is 19.2 Å². The van der Waals surface area contributed by atoms with E-state index in [0.29, 0.717) is 26.2 Å². The number of alkyl carbamates (subject to hydrolysis) is 4. The molecule has 1 aliphatic rings. The molecule has 0 aromatic rings. The molecule has 1 rings (SSSR count). The van der Waals surface area contributed by atoms with Gasteiger partial charge in [-0.3, -0.25) is 0 Å². The van der Waals surface area contributed by atoms with Crippen molar-refractivity contribution in [3.05, 3.63) is 0 Å². The molecule has 0 aromatic heterocycles. The summed E-state index contributed by atoms with van der Waals surface area (Å²) in [7, 11) is 0. The van der Waals surface area contributed by atoms with Crippen LogP contribution in [0.1, 0.15) is 160 Å². The van der Waals surface area contributed by atoms with Gasteiger partial charge in [0.25, 0.3) is 0 Å². The zero-order valence-electron chi connectivity index (χ0n) is 39.7. The second-order valence-corrected chi connectivity index (χ2v) is 20.1. The Morgan fingerprint density at radius 1 is 0.367 bits per heavy atom. The summed E-state index contributed by atoms with van der Waals surface area (Å²) in [5, 5.41) is 27.0. The number of unbranched alkanes of at least 4 members (excludes halogenated alkanes) is 4. The lowest BCUT2D eigenvalue weighted by molar-refractivity contribution is 0.0515. The molecule has 16 heteroatoms. The van der Waals surface area contributed by atoms with Crippen molar-refractivity contribution in [3.8, 4) is 0 Å². The minimum atomic E-state index is -0.534. The Hall–Kier alpha value is -3.08. The highest BCUT2D eigenvalue weighted by atomic mass is 16.6. The molecule has 1 saturated heterocycles. The van der Waals surface area contributed by atoms with Crippen molar-refractivity contribution in [1.29, 1.82) is 0 Å². The Labute approximate surface area is 363 Å². The Kier molecular flexibility index (Phi) is 26.1. The van der Waals surface area contributed by atoms with Gasteiger partial charge in [0, 0.05) is 76.5 Å². The molecule has 1 fully saturated rings. The molecule has 0 unspecified atom stereocenters. The summed E-state index contributed by atoms with van der Waals surface area (Å²) in [4.78, 5) is 48.7. The SMILES string of the molecule is CC(C)(C)OC(=O)NCCCC[C@H]1CN[C@@H](CCCCNC(=O)OC(C)(C)C)CN[C@@H](CCCCNC(=O)OC(C)(C)C)CN[C@@H](CCCCNC(=O)OC(C)(C)C)CN1. The fourth-order valence-electron chi connectivity index (χ4n) is 6.42. The third-order valence-electron chi connectivity index (χ3n) is 9.20. The van der Waals surface area contributed by atoms with Crippen molar-refractivity contribution in [2.24, 2.45) is 0 Å². The van der Waals surface area contributed by atoms with Gasteiger partial charge in [-0.2, -0.15) is 0 Å². The van der Waals surface area contributed by atoms with E-state index in [4.69, 9.17) is 18.9 Å². The number of hydrogen-bond acceptors (Lipinski definition) is 12. The van der Waals surface area contributed by atoms with Crippen LogP contribution in [0.15, 0.2) is 0 Å². The van der Waals surface area contributed by atoms with Crippen molar-refractivity contribution in [2.75, 3.05) is 52.4 Å². The van der Waals surface area contributed by atoms with Crippen LogP contribution in [-0.4, -0.2) is 123 Å². The minimum absolute atomic E-state index is 0.216.